The largest absolute Gasteiger partial charge is 0.497 e. The van der Waals surface area contributed by atoms with Gasteiger partial charge in [0.25, 0.3) is 0 Å². The fourth-order valence-corrected chi connectivity index (χ4v) is 8.05. The number of rotatable bonds is 6. The summed E-state index contributed by atoms with van der Waals surface area (Å²) in [7, 11) is 1.55. The molecule has 0 saturated carbocycles. The molecule has 3 aromatic carbocycles. The highest BCUT2D eigenvalue weighted by Crippen LogP contribution is 2.54. The quantitative estimate of drug-likeness (QED) is 0.304. The summed E-state index contributed by atoms with van der Waals surface area (Å²) in [5.41, 5.74) is 1.53. The maximum Gasteiger partial charge on any atom is 0.308 e. The van der Waals surface area contributed by atoms with Crippen molar-refractivity contribution in [3.05, 3.63) is 104 Å². The zero-order valence-electron chi connectivity index (χ0n) is 21.4. The summed E-state index contributed by atoms with van der Waals surface area (Å²) in [6.07, 6.45) is 0. The first kappa shape index (κ1) is 27.3. The highest BCUT2D eigenvalue weighted by Gasteiger charge is 2.56. The Hall–Kier alpha value is -3.93. The second-order valence-electron chi connectivity index (χ2n) is 9.48. The molecular weight excluding hydrogens is 589 g/mol. The molecule has 208 valence electrons. The Labute approximate surface area is 246 Å². The predicted molar refractivity (Wildman–Crippen MR) is 156 cm³/mol. The Morgan fingerprint density at radius 3 is 2.32 bits per heavy atom. The van der Waals surface area contributed by atoms with E-state index in [1.54, 1.807) is 43.5 Å². The normalized spacial score (nSPS) is 19.6. The number of thiazole rings is 1. The van der Waals surface area contributed by atoms with Crippen LogP contribution in [0.1, 0.15) is 16.4 Å². The molecule has 3 amide bonds. The Morgan fingerprint density at radius 1 is 0.976 bits per heavy atom. The number of fused-ring (bicyclic) bond motifs is 2. The lowest BCUT2D eigenvalue weighted by Crippen LogP contribution is -2.33. The zero-order chi connectivity index (χ0) is 28.8. The number of hydrogen-bond acceptors (Lipinski definition) is 7. The second kappa shape index (κ2) is 10.8. The maximum absolute atomic E-state index is 13.9. The number of nitrogens with one attached hydrogen (secondary N) is 1. The molecule has 0 spiro atoms. The molecule has 0 aliphatic carbocycles. The van der Waals surface area contributed by atoms with Gasteiger partial charge in [0.05, 0.1) is 23.7 Å². The minimum atomic E-state index is -0.821. The van der Waals surface area contributed by atoms with Crippen molar-refractivity contribution in [3.8, 4) is 5.75 Å². The number of carbonyl (C=O) groups excluding carboxylic acids is 3. The SMILES string of the molecule is COc1ccc([C@H]2c3sc(=O)n(CC(=O)Nc4ccc(F)cc4)c3SC3C(=O)N(c4ccc(Cl)cc4)C(=O)C32)cc1. The van der Waals surface area contributed by atoms with Gasteiger partial charge in [-0.1, -0.05) is 46.8 Å². The molecule has 12 heteroatoms. The zero-order valence-corrected chi connectivity index (χ0v) is 23.8. The van der Waals surface area contributed by atoms with Gasteiger partial charge >= 0.3 is 4.87 Å². The molecule has 2 unspecified atom stereocenters. The number of carbonyl (C=O) groups is 3. The van der Waals surface area contributed by atoms with Gasteiger partial charge in [-0.15, -0.1) is 0 Å². The van der Waals surface area contributed by atoms with Crippen LogP contribution in [0.5, 0.6) is 5.75 Å². The van der Waals surface area contributed by atoms with Gasteiger partial charge in [-0.2, -0.15) is 0 Å². The van der Waals surface area contributed by atoms with E-state index in [1.807, 2.05) is 12.1 Å². The molecule has 1 fully saturated rings. The molecular formula is C29H21ClFN3O5S2. The summed E-state index contributed by atoms with van der Waals surface area (Å²) in [6, 6.07) is 18.9. The summed E-state index contributed by atoms with van der Waals surface area (Å²) >= 11 is 8.12. The standard InChI is InChI=1S/C29H21ClFN3O5S2/c1-39-20-12-2-15(3-13-20)22-23-24(27(37)34(26(23)36)19-10-4-16(30)5-11-19)40-28-25(22)41-29(38)33(28)14-21(35)32-18-8-6-17(31)7-9-18/h2-13,22-24H,14H2,1H3,(H,32,35)/t22-,23?,24?/m1/s1. The van der Waals surface area contributed by atoms with Crippen molar-refractivity contribution in [2.45, 2.75) is 22.7 Å². The highest BCUT2D eigenvalue weighted by molar-refractivity contribution is 8.00. The van der Waals surface area contributed by atoms with Crippen molar-refractivity contribution in [2.75, 3.05) is 17.3 Å². The maximum atomic E-state index is 13.9. The van der Waals surface area contributed by atoms with E-state index in [0.29, 0.717) is 32.1 Å². The molecule has 4 aromatic rings. The van der Waals surface area contributed by atoms with Crippen LogP contribution in [0.15, 0.2) is 82.6 Å². The number of thioether (sulfide) groups is 1. The third kappa shape index (κ3) is 4.94. The molecule has 41 heavy (non-hydrogen) atoms. The van der Waals surface area contributed by atoms with Gasteiger partial charge in [-0.3, -0.25) is 23.7 Å². The van der Waals surface area contributed by atoms with E-state index in [2.05, 4.69) is 5.32 Å². The Bertz CT molecular complexity index is 1720. The first-order chi connectivity index (χ1) is 19.7. The summed E-state index contributed by atoms with van der Waals surface area (Å²) in [4.78, 5) is 55.2. The van der Waals surface area contributed by atoms with Gasteiger partial charge in [0, 0.05) is 21.5 Å². The van der Waals surface area contributed by atoms with Crippen molar-refractivity contribution < 1.29 is 23.5 Å². The first-order valence-corrected chi connectivity index (χ1v) is 14.6. The molecule has 8 nitrogen and oxygen atoms in total. The van der Waals surface area contributed by atoms with E-state index in [-0.39, 0.29) is 17.3 Å². The summed E-state index contributed by atoms with van der Waals surface area (Å²) < 4.78 is 19.9. The summed E-state index contributed by atoms with van der Waals surface area (Å²) in [5.74, 6) is -2.46. The van der Waals surface area contributed by atoms with E-state index in [9.17, 15) is 23.6 Å². The van der Waals surface area contributed by atoms with Gasteiger partial charge in [-0.05, 0) is 66.2 Å². The highest BCUT2D eigenvalue weighted by atomic mass is 35.5. The van der Waals surface area contributed by atoms with Crippen molar-refractivity contribution in [3.63, 3.8) is 0 Å². The minimum absolute atomic E-state index is 0.315. The molecule has 0 radical (unpaired) electrons. The summed E-state index contributed by atoms with van der Waals surface area (Å²) in [6.45, 7) is -0.315. The fourth-order valence-electron chi connectivity index (χ4n) is 5.15. The van der Waals surface area contributed by atoms with Crippen LogP contribution in [0.25, 0.3) is 0 Å². The van der Waals surface area contributed by atoms with Crippen LogP contribution in [0.2, 0.25) is 5.02 Å². The first-order valence-electron chi connectivity index (χ1n) is 12.5. The number of aromatic nitrogens is 1. The van der Waals surface area contributed by atoms with Crippen LogP contribution in [0.4, 0.5) is 15.8 Å². The summed E-state index contributed by atoms with van der Waals surface area (Å²) in [5, 5.41) is 2.79. The molecule has 3 atom stereocenters. The van der Waals surface area contributed by atoms with Gasteiger partial charge in [0.2, 0.25) is 17.7 Å². The molecule has 2 aliphatic rings. The van der Waals surface area contributed by atoms with Crippen LogP contribution in [0, 0.1) is 11.7 Å². The molecule has 1 aromatic heterocycles. The minimum Gasteiger partial charge on any atom is -0.497 e. The lowest BCUT2D eigenvalue weighted by atomic mass is 9.83. The average Bonchev–Trinajstić information content (AvgIpc) is 3.41. The fraction of sp³-hybridized carbons (Fsp3) is 0.172. The van der Waals surface area contributed by atoms with Crippen LogP contribution >= 0.6 is 34.7 Å². The molecule has 2 aliphatic heterocycles. The van der Waals surface area contributed by atoms with E-state index in [0.717, 1.165) is 28.7 Å². The van der Waals surface area contributed by atoms with Gasteiger partial charge < -0.3 is 10.1 Å². The lowest BCUT2D eigenvalue weighted by Gasteiger charge is -2.30. The van der Waals surface area contributed by atoms with Crippen LogP contribution < -0.4 is 19.8 Å². The van der Waals surface area contributed by atoms with Gasteiger partial charge in [0.15, 0.2) is 0 Å². The number of nitrogens with zero attached hydrogens (tertiary/aromatic N) is 2. The number of hydrogen-bond donors (Lipinski definition) is 1. The Morgan fingerprint density at radius 2 is 1.66 bits per heavy atom. The van der Waals surface area contributed by atoms with Crippen LogP contribution in [-0.4, -0.2) is 34.6 Å². The van der Waals surface area contributed by atoms with E-state index < -0.39 is 34.7 Å². The molecule has 0 bridgehead atoms. The van der Waals surface area contributed by atoms with Crippen LogP contribution in [0.3, 0.4) is 0 Å². The number of halogens is 2. The second-order valence-corrected chi connectivity index (χ2v) is 12.0. The number of amides is 3. The molecule has 1 N–H and O–H groups in total. The van der Waals surface area contributed by atoms with Crippen molar-refractivity contribution >= 4 is 63.8 Å². The van der Waals surface area contributed by atoms with Crippen LogP contribution in [-0.2, 0) is 20.9 Å². The number of anilines is 2. The van der Waals surface area contributed by atoms with Crippen molar-refractivity contribution in [2.24, 2.45) is 5.92 Å². The smallest absolute Gasteiger partial charge is 0.308 e. The van der Waals surface area contributed by atoms with E-state index in [4.69, 9.17) is 16.3 Å². The average molecular weight is 610 g/mol. The monoisotopic (exact) mass is 609 g/mol. The molecule has 3 heterocycles. The van der Waals surface area contributed by atoms with Crippen molar-refractivity contribution in [1.82, 2.24) is 4.57 Å². The van der Waals surface area contributed by atoms with Gasteiger partial charge in [-0.25, -0.2) is 9.29 Å². The lowest BCUT2D eigenvalue weighted by molar-refractivity contribution is -0.122. The molecule has 1 saturated heterocycles. The number of methoxy groups -OCH3 is 1. The third-order valence-electron chi connectivity index (χ3n) is 7.04. The van der Waals surface area contributed by atoms with E-state index >= 15 is 0 Å². The predicted octanol–water partition coefficient (Wildman–Crippen LogP) is 5.15. The number of imide groups is 1. The third-order valence-corrected chi connectivity index (χ3v) is 9.89. The topological polar surface area (TPSA) is 97.7 Å². The Kier molecular flexibility index (Phi) is 7.18. The van der Waals surface area contributed by atoms with Crippen molar-refractivity contribution in [1.29, 1.82) is 0 Å². The number of ether oxygens (including phenoxy) is 1. The molecule has 6 rings (SSSR count). The van der Waals surface area contributed by atoms with Gasteiger partial charge in [0.1, 0.15) is 23.4 Å². The number of benzene rings is 3. The van der Waals surface area contributed by atoms with E-state index in [1.165, 1.54) is 33.7 Å². The Balaban J connectivity index is 1.40.